The summed E-state index contributed by atoms with van der Waals surface area (Å²) in [7, 11) is 1.66. The number of hydrogen-bond acceptors (Lipinski definition) is 3. The van der Waals surface area contributed by atoms with Crippen LogP contribution in [0.1, 0.15) is 20.8 Å². The molecule has 5 atom stereocenters. The Morgan fingerprint density at radius 1 is 1.33 bits per heavy atom. The van der Waals surface area contributed by atoms with Gasteiger partial charge >= 0.3 is 0 Å². The molecule has 3 heteroatoms. The largest absolute Gasteiger partial charge is 0.392 e. The van der Waals surface area contributed by atoms with E-state index in [1.165, 1.54) is 0 Å². The molecule has 88 valence electrons. The van der Waals surface area contributed by atoms with Gasteiger partial charge in [0.1, 0.15) is 0 Å². The monoisotopic (exact) mass is 214 g/mol. The summed E-state index contributed by atoms with van der Waals surface area (Å²) in [6.07, 6.45) is 1.55. The summed E-state index contributed by atoms with van der Waals surface area (Å²) in [6.45, 7) is 6.06. The Kier molecular flexibility index (Phi) is 4.32. The molecule has 0 fully saturated rings. The summed E-state index contributed by atoms with van der Waals surface area (Å²) in [6, 6.07) is 0. The first-order valence-electron chi connectivity index (χ1n) is 5.55. The van der Waals surface area contributed by atoms with Crippen molar-refractivity contribution in [2.45, 2.75) is 33.0 Å². The van der Waals surface area contributed by atoms with Crippen LogP contribution in [0.5, 0.6) is 0 Å². The van der Waals surface area contributed by atoms with E-state index in [0.717, 1.165) is 5.57 Å². The first-order chi connectivity index (χ1) is 7.02. The maximum absolute atomic E-state index is 10.1. The van der Waals surface area contributed by atoms with Crippen molar-refractivity contribution >= 4 is 0 Å². The highest BCUT2D eigenvalue weighted by Crippen LogP contribution is 2.32. The first-order valence-corrected chi connectivity index (χ1v) is 5.55. The van der Waals surface area contributed by atoms with Crippen LogP contribution in [0.4, 0.5) is 0 Å². The smallest absolute Gasteiger partial charge is 0.0685 e. The molecule has 1 aliphatic rings. The van der Waals surface area contributed by atoms with Crippen molar-refractivity contribution in [3.63, 3.8) is 0 Å². The van der Waals surface area contributed by atoms with Crippen LogP contribution >= 0.6 is 0 Å². The van der Waals surface area contributed by atoms with E-state index in [-0.39, 0.29) is 30.5 Å². The van der Waals surface area contributed by atoms with Crippen LogP contribution in [0.25, 0.3) is 0 Å². The van der Waals surface area contributed by atoms with Crippen molar-refractivity contribution in [2.24, 2.45) is 17.8 Å². The lowest BCUT2D eigenvalue weighted by Crippen LogP contribution is -2.36. The van der Waals surface area contributed by atoms with Crippen LogP contribution in [0.15, 0.2) is 11.6 Å². The van der Waals surface area contributed by atoms with E-state index in [4.69, 9.17) is 4.74 Å². The zero-order valence-corrected chi connectivity index (χ0v) is 9.97. The number of aliphatic hydroxyl groups is 2. The highest BCUT2D eigenvalue weighted by atomic mass is 16.5. The van der Waals surface area contributed by atoms with Gasteiger partial charge in [0.15, 0.2) is 0 Å². The molecule has 0 spiro atoms. The van der Waals surface area contributed by atoms with E-state index in [1.54, 1.807) is 7.11 Å². The second-order valence-corrected chi connectivity index (χ2v) is 4.60. The fourth-order valence-corrected chi connectivity index (χ4v) is 2.54. The minimum atomic E-state index is -0.401. The van der Waals surface area contributed by atoms with Gasteiger partial charge < -0.3 is 14.9 Å². The third-order valence-corrected chi connectivity index (χ3v) is 3.60. The van der Waals surface area contributed by atoms with E-state index in [0.29, 0.717) is 0 Å². The Morgan fingerprint density at radius 2 is 1.93 bits per heavy atom. The van der Waals surface area contributed by atoms with E-state index in [9.17, 15) is 10.2 Å². The molecule has 0 amide bonds. The molecule has 0 saturated carbocycles. The van der Waals surface area contributed by atoms with Crippen LogP contribution in [0, 0.1) is 17.8 Å². The number of ether oxygens (including phenoxy) is 1. The minimum Gasteiger partial charge on any atom is -0.392 e. The van der Waals surface area contributed by atoms with Crippen LogP contribution in [0.2, 0.25) is 0 Å². The maximum atomic E-state index is 10.1. The van der Waals surface area contributed by atoms with Gasteiger partial charge in [0, 0.05) is 24.9 Å². The molecule has 0 aliphatic heterocycles. The standard InChI is InChI=1S/C12H22O3/c1-7-5-10(6-13)8(2)12(15-4)9(3)11(7)14/h5,7-9,11-14H,6H2,1-4H3/t7-,8-,9+,11-,12-/m0/s1. The van der Waals surface area contributed by atoms with E-state index in [1.807, 2.05) is 26.8 Å². The van der Waals surface area contributed by atoms with Crippen LogP contribution in [-0.2, 0) is 4.74 Å². The number of hydrogen-bond donors (Lipinski definition) is 2. The average molecular weight is 214 g/mol. The predicted molar refractivity (Wildman–Crippen MR) is 59.5 cm³/mol. The fourth-order valence-electron chi connectivity index (χ4n) is 2.54. The molecule has 2 N–H and O–H groups in total. The Hall–Kier alpha value is -0.380. The molecule has 0 aromatic heterocycles. The number of methoxy groups -OCH3 is 1. The molecule has 0 saturated heterocycles. The summed E-state index contributed by atoms with van der Waals surface area (Å²) in [5, 5.41) is 19.3. The maximum Gasteiger partial charge on any atom is 0.0685 e. The van der Waals surface area contributed by atoms with E-state index in [2.05, 4.69) is 0 Å². The Labute approximate surface area is 91.8 Å². The summed E-state index contributed by atoms with van der Waals surface area (Å²) < 4.78 is 5.43. The van der Waals surface area contributed by atoms with Gasteiger partial charge in [0.25, 0.3) is 0 Å². The highest BCUT2D eigenvalue weighted by molar-refractivity contribution is 5.14. The zero-order valence-electron chi connectivity index (χ0n) is 9.97. The lowest BCUT2D eigenvalue weighted by Gasteiger charge is -2.30. The van der Waals surface area contributed by atoms with Gasteiger partial charge in [-0.3, -0.25) is 0 Å². The van der Waals surface area contributed by atoms with Crippen molar-refractivity contribution in [3.8, 4) is 0 Å². The highest BCUT2D eigenvalue weighted by Gasteiger charge is 2.35. The van der Waals surface area contributed by atoms with Crippen LogP contribution in [0.3, 0.4) is 0 Å². The van der Waals surface area contributed by atoms with Crippen molar-refractivity contribution < 1.29 is 14.9 Å². The third-order valence-electron chi connectivity index (χ3n) is 3.60. The minimum absolute atomic E-state index is 0.0247. The molecule has 0 aromatic rings. The average Bonchev–Trinajstić information content (AvgIpc) is 2.30. The molecule has 15 heavy (non-hydrogen) atoms. The second-order valence-electron chi connectivity index (χ2n) is 4.60. The molecule has 1 aliphatic carbocycles. The molecular formula is C12H22O3. The van der Waals surface area contributed by atoms with Crippen LogP contribution < -0.4 is 0 Å². The molecule has 0 unspecified atom stereocenters. The topological polar surface area (TPSA) is 49.7 Å². The Bertz CT molecular complexity index is 237. The molecule has 3 nitrogen and oxygen atoms in total. The predicted octanol–water partition coefficient (Wildman–Crippen LogP) is 1.20. The SMILES string of the molecule is CO[C@@H]1[C@H](C)[C@@H](O)[C@@H](C)C=C(CO)[C@@H]1C. The van der Waals surface area contributed by atoms with Gasteiger partial charge in [-0.2, -0.15) is 0 Å². The van der Waals surface area contributed by atoms with Crippen molar-refractivity contribution in [2.75, 3.05) is 13.7 Å². The molecular weight excluding hydrogens is 192 g/mol. The molecule has 0 aromatic carbocycles. The summed E-state index contributed by atoms with van der Waals surface area (Å²) >= 11 is 0. The lowest BCUT2D eigenvalue weighted by molar-refractivity contribution is -0.0326. The summed E-state index contributed by atoms with van der Waals surface area (Å²) in [4.78, 5) is 0. The van der Waals surface area contributed by atoms with E-state index >= 15 is 0 Å². The van der Waals surface area contributed by atoms with Crippen molar-refractivity contribution in [1.82, 2.24) is 0 Å². The zero-order chi connectivity index (χ0) is 11.6. The van der Waals surface area contributed by atoms with Gasteiger partial charge in [0.2, 0.25) is 0 Å². The van der Waals surface area contributed by atoms with Gasteiger partial charge in [-0.05, 0) is 5.57 Å². The number of aliphatic hydroxyl groups excluding tert-OH is 2. The van der Waals surface area contributed by atoms with Gasteiger partial charge in [0.05, 0.1) is 18.8 Å². The summed E-state index contributed by atoms with van der Waals surface area (Å²) in [5.41, 5.74) is 0.970. The number of rotatable bonds is 2. The third kappa shape index (κ3) is 2.41. The van der Waals surface area contributed by atoms with Crippen molar-refractivity contribution in [1.29, 1.82) is 0 Å². The normalized spacial score (nSPS) is 42.3. The van der Waals surface area contributed by atoms with Crippen molar-refractivity contribution in [3.05, 3.63) is 11.6 Å². The second kappa shape index (κ2) is 5.10. The molecule has 1 rings (SSSR count). The first kappa shape index (κ1) is 12.7. The fraction of sp³-hybridized carbons (Fsp3) is 0.833. The lowest BCUT2D eigenvalue weighted by atomic mass is 9.86. The Balaban J connectivity index is 2.99. The van der Waals surface area contributed by atoms with E-state index < -0.39 is 6.10 Å². The molecule has 0 radical (unpaired) electrons. The molecule has 0 bridgehead atoms. The summed E-state index contributed by atoms with van der Waals surface area (Å²) in [5.74, 6) is 0.319. The van der Waals surface area contributed by atoms with Gasteiger partial charge in [-0.15, -0.1) is 0 Å². The quantitative estimate of drug-likeness (QED) is 0.679. The Morgan fingerprint density at radius 3 is 2.40 bits per heavy atom. The van der Waals surface area contributed by atoms with Crippen LogP contribution in [-0.4, -0.2) is 36.1 Å². The van der Waals surface area contributed by atoms with Gasteiger partial charge in [-0.1, -0.05) is 26.8 Å². The van der Waals surface area contributed by atoms with Gasteiger partial charge in [-0.25, -0.2) is 0 Å². The molecule has 0 heterocycles.